The van der Waals surface area contributed by atoms with Gasteiger partial charge in [0.15, 0.2) is 0 Å². The van der Waals surface area contributed by atoms with Crippen molar-refractivity contribution in [1.82, 2.24) is 0 Å². The van der Waals surface area contributed by atoms with E-state index in [1.54, 1.807) is 0 Å². The third kappa shape index (κ3) is 6.04. The number of benzene rings is 1. The van der Waals surface area contributed by atoms with Crippen LogP contribution in [0, 0.1) is 0 Å². The predicted molar refractivity (Wildman–Crippen MR) is 60.8 cm³/mol. The zero-order valence-electron chi connectivity index (χ0n) is 8.90. The van der Waals surface area contributed by atoms with Crippen LogP contribution in [0.3, 0.4) is 0 Å². The van der Waals surface area contributed by atoms with Crippen molar-refractivity contribution in [3.05, 3.63) is 30.3 Å². The molecule has 0 radical (unpaired) electrons. The molecular weight excluding hydrogens is 323 g/mol. The Morgan fingerprint density at radius 1 is 1.27 bits per heavy atom. The van der Waals surface area contributed by atoms with Crippen molar-refractivity contribution in [2.75, 3.05) is 19.1 Å². The fraction of sp³-hybridized carbons (Fsp3) is 0.364. The van der Waals surface area contributed by atoms with Crippen LogP contribution in [-0.4, -0.2) is 24.2 Å². The normalized spacial score (nSPS) is 9.53. The molecule has 0 heterocycles. The molecular formula is C11H15IO2S. The van der Waals surface area contributed by atoms with E-state index < -0.39 is 0 Å². The molecule has 4 heteroatoms. The number of para-hydroxylation sites is 1. The summed E-state index contributed by atoms with van der Waals surface area (Å²) < 4.78 is 5.41. The minimum absolute atomic E-state index is 0. The Kier molecular flexibility index (Phi) is 7.86. The second-order valence-electron chi connectivity index (χ2n) is 3.10. The van der Waals surface area contributed by atoms with Gasteiger partial charge in [0, 0.05) is 0 Å². The Labute approximate surface area is 111 Å². The molecule has 0 aliphatic carbocycles. The minimum Gasteiger partial charge on any atom is -1.00 e. The molecule has 0 bridgehead atoms. The lowest BCUT2D eigenvalue weighted by molar-refractivity contribution is -0.111. The molecule has 1 aromatic rings. The Morgan fingerprint density at radius 2 is 1.87 bits per heavy atom. The minimum atomic E-state index is -0.137. The molecule has 0 aliphatic rings. The van der Waals surface area contributed by atoms with Crippen LogP contribution in [0.2, 0.25) is 0 Å². The van der Waals surface area contributed by atoms with Gasteiger partial charge in [-0.1, -0.05) is 18.2 Å². The highest BCUT2D eigenvalue weighted by molar-refractivity contribution is 8.09. The molecule has 84 valence electrons. The van der Waals surface area contributed by atoms with Crippen LogP contribution < -0.4 is 28.7 Å². The van der Waals surface area contributed by atoms with Crippen LogP contribution in [-0.2, 0) is 15.7 Å². The molecule has 15 heavy (non-hydrogen) atoms. The van der Waals surface area contributed by atoms with E-state index in [0.29, 0.717) is 13.0 Å². The van der Waals surface area contributed by atoms with E-state index in [-0.39, 0.29) is 40.0 Å². The van der Waals surface area contributed by atoms with Gasteiger partial charge < -0.3 is 28.7 Å². The number of hydrogen-bond donors (Lipinski definition) is 0. The maximum absolute atomic E-state index is 11.3. The zero-order chi connectivity index (χ0) is 10.4. The summed E-state index contributed by atoms with van der Waals surface area (Å²) in [6.07, 6.45) is 4.38. The molecule has 0 aromatic heterocycles. The van der Waals surface area contributed by atoms with Gasteiger partial charge in [-0.3, -0.25) is 0 Å². The lowest BCUT2D eigenvalue weighted by Crippen LogP contribution is -3.00. The largest absolute Gasteiger partial charge is 1.00 e. The number of carbonyl (C=O) groups excluding carboxylic acids is 1. The lowest BCUT2D eigenvalue weighted by atomic mass is 10.3. The smallest absolute Gasteiger partial charge is 0.333 e. The Hall–Kier alpha value is -0.230. The molecule has 0 amide bonds. The second kappa shape index (κ2) is 7.98. The van der Waals surface area contributed by atoms with E-state index in [2.05, 4.69) is 0 Å². The first-order valence-electron chi connectivity index (χ1n) is 4.48. The molecule has 0 atom stereocenters. The summed E-state index contributed by atoms with van der Waals surface area (Å²) in [6.45, 7) is 0.480. The van der Waals surface area contributed by atoms with Crippen molar-refractivity contribution in [1.29, 1.82) is 0 Å². The van der Waals surface area contributed by atoms with E-state index in [1.807, 2.05) is 42.8 Å². The standard InChI is InChI=1S/C11H15O2S.HI/c1-14(2)11(12)8-9-13-10-6-4-3-5-7-10;/h3-7H,8-9H2,1-2H3;1H/q+1;/p-1. The maximum Gasteiger partial charge on any atom is 0.333 e. The molecule has 0 fully saturated rings. The van der Waals surface area contributed by atoms with Crippen LogP contribution >= 0.6 is 0 Å². The molecule has 0 aliphatic heterocycles. The van der Waals surface area contributed by atoms with Crippen molar-refractivity contribution >= 4 is 16.0 Å². The van der Waals surface area contributed by atoms with Crippen molar-refractivity contribution < 1.29 is 33.5 Å². The fourth-order valence-electron chi connectivity index (χ4n) is 0.973. The summed E-state index contributed by atoms with van der Waals surface area (Å²) in [5.74, 6) is 0.826. The van der Waals surface area contributed by atoms with E-state index in [9.17, 15) is 4.79 Å². The van der Waals surface area contributed by atoms with Crippen LogP contribution in [0.15, 0.2) is 30.3 Å². The molecule has 1 rings (SSSR count). The summed E-state index contributed by atoms with van der Waals surface area (Å²) in [4.78, 5) is 11.3. The van der Waals surface area contributed by atoms with Gasteiger partial charge >= 0.3 is 5.12 Å². The average Bonchev–Trinajstić information content (AvgIpc) is 2.19. The van der Waals surface area contributed by atoms with Crippen LogP contribution in [0.4, 0.5) is 0 Å². The summed E-state index contributed by atoms with van der Waals surface area (Å²) in [5, 5.41) is 0.279. The third-order valence-corrected chi connectivity index (χ3v) is 2.89. The van der Waals surface area contributed by atoms with E-state index in [0.717, 1.165) is 5.75 Å². The van der Waals surface area contributed by atoms with E-state index in [4.69, 9.17) is 4.74 Å². The monoisotopic (exact) mass is 338 g/mol. The Bertz CT molecular complexity index is 288. The van der Waals surface area contributed by atoms with Gasteiger partial charge in [0.2, 0.25) is 0 Å². The lowest BCUT2D eigenvalue weighted by Gasteiger charge is -2.03. The molecule has 0 saturated carbocycles. The highest BCUT2D eigenvalue weighted by Gasteiger charge is 2.16. The van der Waals surface area contributed by atoms with Gasteiger partial charge in [-0.05, 0) is 12.1 Å². The number of hydrogen-bond acceptors (Lipinski definition) is 2. The van der Waals surface area contributed by atoms with Gasteiger partial charge in [0.05, 0.1) is 23.9 Å². The van der Waals surface area contributed by atoms with Crippen molar-refractivity contribution in [2.45, 2.75) is 6.42 Å². The maximum atomic E-state index is 11.3. The number of ether oxygens (including phenoxy) is 1. The number of halogens is 1. The second-order valence-corrected chi connectivity index (χ2v) is 5.19. The number of rotatable bonds is 4. The Balaban J connectivity index is 0.00000196. The van der Waals surface area contributed by atoms with Gasteiger partial charge in [-0.15, -0.1) is 0 Å². The zero-order valence-corrected chi connectivity index (χ0v) is 11.9. The number of carbonyl (C=O) groups is 1. The fourth-order valence-corrected chi connectivity index (χ4v) is 1.46. The quantitative estimate of drug-likeness (QED) is 0.513. The topological polar surface area (TPSA) is 26.3 Å². The van der Waals surface area contributed by atoms with E-state index in [1.165, 1.54) is 0 Å². The predicted octanol–water partition coefficient (Wildman–Crippen LogP) is -1.14. The molecule has 0 saturated heterocycles. The first kappa shape index (κ1) is 14.8. The summed E-state index contributed by atoms with van der Waals surface area (Å²) in [5.41, 5.74) is 0. The average molecular weight is 338 g/mol. The third-order valence-electron chi connectivity index (χ3n) is 1.77. The van der Waals surface area contributed by atoms with Gasteiger partial charge in [-0.25, -0.2) is 4.79 Å². The Morgan fingerprint density at radius 3 is 2.40 bits per heavy atom. The van der Waals surface area contributed by atoms with Crippen molar-refractivity contribution in [3.63, 3.8) is 0 Å². The molecule has 0 unspecified atom stereocenters. The van der Waals surface area contributed by atoms with Crippen molar-refractivity contribution in [3.8, 4) is 5.75 Å². The van der Waals surface area contributed by atoms with Crippen LogP contribution in [0.25, 0.3) is 0 Å². The summed E-state index contributed by atoms with van der Waals surface area (Å²) in [7, 11) is -0.137. The van der Waals surface area contributed by atoms with Gasteiger partial charge in [0.25, 0.3) is 0 Å². The molecule has 1 aromatic carbocycles. The highest BCUT2D eigenvalue weighted by Crippen LogP contribution is 2.08. The van der Waals surface area contributed by atoms with E-state index >= 15 is 0 Å². The SMILES string of the molecule is C[S+](C)C(=O)CCOc1ccccc1.[I-]. The summed E-state index contributed by atoms with van der Waals surface area (Å²) in [6, 6.07) is 9.56. The molecule has 0 spiro atoms. The van der Waals surface area contributed by atoms with Gasteiger partial charge in [0.1, 0.15) is 18.3 Å². The molecule has 0 N–H and O–H groups in total. The first-order chi connectivity index (χ1) is 6.70. The molecule has 2 nitrogen and oxygen atoms in total. The highest BCUT2D eigenvalue weighted by atomic mass is 127. The van der Waals surface area contributed by atoms with Crippen LogP contribution in [0.1, 0.15) is 6.42 Å². The van der Waals surface area contributed by atoms with Crippen molar-refractivity contribution in [2.24, 2.45) is 0 Å². The van der Waals surface area contributed by atoms with Gasteiger partial charge in [-0.2, -0.15) is 0 Å². The first-order valence-corrected chi connectivity index (χ1v) is 6.52. The van der Waals surface area contributed by atoms with Crippen LogP contribution in [0.5, 0.6) is 5.75 Å². The summed E-state index contributed by atoms with van der Waals surface area (Å²) >= 11 is 0.